The number of rotatable bonds is 4. The number of piperidine rings is 1. The zero-order chi connectivity index (χ0) is 25.4. The fraction of sp³-hybridized carbons (Fsp3) is 0.577. The van der Waals surface area contributed by atoms with Crippen molar-refractivity contribution in [3.8, 4) is 0 Å². The minimum absolute atomic E-state index is 0.0234. The van der Waals surface area contributed by atoms with Crippen molar-refractivity contribution < 1.29 is 19.1 Å². The third-order valence-electron chi connectivity index (χ3n) is 7.68. The lowest BCUT2D eigenvalue weighted by atomic mass is 9.95. The second-order valence-electron chi connectivity index (χ2n) is 10.0. The van der Waals surface area contributed by atoms with Gasteiger partial charge in [0.1, 0.15) is 12.7 Å². The fourth-order valence-corrected chi connectivity index (χ4v) is 5.75. The zero-order valence-corrected chi connectivity index (χ0v) is 21.4. The number of aryl methyl sites for hydroxylation is 1. The Hall–Kier alpha value is -2.65. The van der Waals surface area contributed by atoms with E-state index in [9.17, 15) is 19.1 Å². The minimum Gasteiger partial charge on any atom is -0.390 e. The van der Waals surface area contributed by atoms with Crippen LogP contribution in [0.4, 0.5) is 10.1 Å². The molecule has 0 unspecified atom stereocenters. The molecule has 10 heteroatoms. The summed E-state index contributed by atoms with van der Waals surface area (Å²) >= 11 is 6.50. The van der Waals surface area contributed by atoms with Crippen molar-refractivity contribution >= 4 is 29.1 Å². The number of aliphatic hydroxyl groups is 1. The maximum atomic E-state index is 14.1. The number of amides is 2. The third-order valence-corrected chi connectivity index (χ3v) is 8.17. The molecule has 2 aliphatic heterocycles. The average Bonchev–Trinajstić information content (AvgIpc) is 3.25. The van der Waals surface area contributed by atoms with Crippen molar-refractivity contribution in [1.82, 2.24) is 19.6 Å². The fourth-order valence-electron chi connectivity index (χ4n) is 5.50. The van der Waals surface area contributed by atoms with Gasteiger partial charge in [-0.05, 0) is 50.7 Å². The predicted molar refractivity (Wildman–Crippen MR) is 135 cm³/mol. The lowest BCUT2D eigenvalue weighted by molar-refractivity contribution is -0.132. The van der Waals surface area contributed by atoms with Crippen molar-refractivity contribution in [2.75, 3.05) is 44.2 Å². The van der Waals surface area contributed by atoms with E-state index in [1.807, 2.05) is 30.0 Å². The number of hydrogen-bond donors (Lipinski definition) is 1. The van der Waals surface area contributed by atoms with Gasteiger partial charge in [-0.2, -0.15) is 5.10 Å². The quantitative estimate of drug-likeness (QED) is 0.674. The topological polar surface area (TPSA) is 81.9 Å². The van der Waals surface area contributed by atoms with Crippen LogP contribution in [0, 0.1) is 6.92 Å². The van der Waals surface area contributed by atoms with E-state index in [-0.39, 0.29) is 31.3 Å². The molecular weight excluding hydrogens is 485 g/mol. The summed E-state index contributed by atoms with van der Waals surface area (Å²) in [7, 11) is 0. The normalized spacial score (nSPS) is 22.5. The summed E-state index contributed by atoms with van der Waals surface area (Å²) in [6.45, 7) is 4.82. The molecule has 2 saturated heterocycles. The highest BCUT2D eigenvalue weighted by atomic mass is 35.5. The van der Waals surface area contributed by atoms with Crippen LogP contribution in [0.15, 0.2) is 18.2 Å². The first-order chi connectivity index (χ1) is 17.3. The molecule has 2 amide bonds. The largest absolute Gasteiger partial charge is 0.390 e. The van der Waals surface area contributed by atoms with Crippen LogP contribution in [0.5, 0.6) is 0 Å². The van der Waals surface area contributed by atoms with Gasteiger partial charge in [0, 0.05) is 44.0 Å². The van der Waals surface area contributed by atoms with Crippen molar-refractivity contribution in [2.45, 2.75) is 57.8 Å². The molecule has 0 radical (unpaired) electrons. The number of anilines is 1. The first-order valence-electron chi connectivity index (χ1n) is 12.8. The molecular formula is C26H33ClFN5O3. The van der Waals surface area contributed by atoms with Gasteiger partial charge in [-0.25, -0.2) is 4.39 Å². The van der Waals surface area contributed by atoms with Gasteiger partial charge in [-0.1, -0.05) is 23.7 Å². The van der Waals surface area contributed by atoms with Gasteiger partial charge in [-0.3, -0.25) is 14.3 Å². The molecule has 1 aliphatic carbocycles. The number of likely N-dealkylation sites (tertiary alicyclic amines) is 1. The van der Waals surface area contributed by atoms with Crippen LogP contribution in [-0.2, 0) is 24.2 Å². The van der Waals surface area contributed by atoms with Gasteiger partial charge in [0.05, 0.1) is 23.4 Å². The van der Waals surface area contributed by atoms with Gasteiger partial charge >= 0.3 is 0 Å². The summed E-state index contributed by atoms with van der Waals surface area (Å²) in [4.78, 5) is 32.0. The number of piperazine rings is 1. The minimum atomic E-state index is -1.45. The molecule has 2 atom stereocenters. The first-order valence-corrected chi connectivity index (χ1v) is 13.2. The molecule has 3 aliphatic rings. The number of carbonyl (C=O) groups is 2. The van der Waals surface area contributed by atoms with Crippen LogP contribution in [0.2, 0.25) is 5.02 Å². The Kier molecular flexibility index (Phi) is 7.21. The average molecular weight is 518 g/mol. The van der Waals surface area contributed by atoms with Crippen molar-refractivity contribution in [3.05, 3.63) is 45.7 Å². The molecule has 1 aromatic carbocycles. The van der Waals surface area contributed by atoms with Gasteiger partial charge < -0.3 is 19.8 Å². The van der Waals surface area contributed by atoms with Gasteiger partial charge in [0.2, 0.25) is 5.91 Å². The summed E-state index contributed by atoms with van der Waals surface area (Å²) in [6.07, 6.45) is 1.19. The summed E-state index contributed by atoms with van der Waals surface area (Å²) < 4.78 is 15.8. The highest BCUT2D eigenvalue weighted by Gasteiger charge is 2.34. The molecule has 2 aromatic rings. The number of carbonyl (C=O) groups excluding carboxylic acids is 2. The molecule has 5 rings (SSSR count). The number of hydrogen-bond acceptors (Lipinski definition) is 5. The second kappa shape index (κ2) is 10.4. The number of nitrogens with zero attached hydrogens (tertiary/aromatic N) is 5. The monoisotopic (exact) mass is 517 g/mol. The van der Waals surface area contributed by atoms with Crippen molar-refractivity contribution in [1.29, 1.82) is 0 Å². The Balaban J connectivity index is 1.27. The molecule has 8 nitrogen and oxygen atoms in total. The molecule has 0 saturated carbocycles. The number of alkyl halides is 1. The molecule has 3 heterocycles. The predicted octanol–water partition coefficient (Wildman–Crippen LogP) is 2.62. The van der Waals surface area contributed by atoms with E-state index in [1.54, 1.807) is 4.68 Å². The molecule has 1 N–H and O–H groups in total. The Morgan fingerprint density at radius 1 is 1.11 bits per heavy atom. The van der Waals surface area contributed by atoms with Gasteiger partial charge in [-0.15, -0.1) is 0 Å². The molecule has 0 spiro atoms. The van der Waals surface area contributed by atoms with Crippen LogP contribution in [0.3, 0.4) is 0 Å². The highest BCUT2D eigenvalue weighted by Crippen LogP contribution is 2.30. The number of aromatic nitrogens is 2. The Labute approximate surface area is 215 Å². The number of benzene rings is 1. The SMILES string of the molecule is Cc1cccc(N2CCN(C(=O)Cn3nc(C(=O)N4CC[C@@H](O)[C@@H](F)C4)c4c3CCCC4)CC2)c1Cl. The van der Waals surface area contributed by atoms with Crippen molar-refractivity contribution in [3.63, 3.8) is 0 Å². The molecule has 2 fully saturated rings. The highest BCUT2D eigenvalue weighted by molar-refractivity contribution is 6.34. The van der Waals surface area contributed by atoms with E-state index < -0.39 is 12.3 Å². The maximum absolute atomic E-state index is 14.1. The number of halogens is 2. The maximum Gasteiger partial charge on any atom is 0.274 e. The van der Waals surface area contributed by atoms with E-state index in [1.165, 1.54) is 4.90 Å². The van der Waals surface area contributed by atoms with E-state index in [0.717, 1.165) is 53.2 Å². The third kappa shape index (κ3) is 4.83. The van der Waals surface area contributed by atoms with E-state index in [4.69, 9.17) is 11.6 Å². The summed E-state index contributed by atoms with van der Waals surface area (Å²) in [5.74, 6) is -0.331. The van der Waals surface area contributed by atoms with E-state index >= 15 is 0 Å². The van der Waals surface area contributed by atoms with Gasteiger partial charge in [0.25, 0.3) is 5.91 Å². The summed E-state index contributed by atoms with van der Waals surface area (Å²) in [6, 6.07) is 5.99. The first kappa shape index (κ1) is 25.0. The Morgan fingerprint density at radius 3 is 2.61 bits per heavy atom. The second-order valence-corrected chi connectivity index (χ2v) is 10.4. The van der Waals surface area contributed by atoms with Crippen LogP contribution in [0.25, 0.3) is 0 Å². The van der Waals surface area contributed by atoms with E-state index in [2.05, 4.69) is 10.00 Å². The molecule has 1 aromatic heterocycles. The smallest absolute Gasteiger partial charge is 0.274 e. The number of aliphatic hydroxyl groups excluding tert-OH is 1. The summed E-state index contributed by atoms with van der Waals surface area (Å²) in [5.41, 5.74) is 4.19. The Morgan fingerprint density at radius 2 is 1.86 bits per heavy atom. The van der Waals surface area contributed by atoms with Crippen molar-refractivity contribution in [2.24, 2.45) is 0 Å². The zero-order valence-electron chi connectivity index (χ0n) is 20.6. The Bertz CT molecular complexity index is 1150. The molecule has 194 valence electrons. The van der Waals surface area contributed by atoms with Crippen LogP contribution in [0.1, 0.15) is 46.6 Å². The van der Waals surface area contributed by atoms with E-state index in [0.29, 0.717) is 38.4 Å². The molecule has 36 heavy (non-hydrogen) atoms. The standard InChI is InChI=1S/C26H33ClFN5O3/c1-17-5-4-8-21(24(17)27)30-11-13-31(14-12-30)23(35)16-33-20-7-3-2-6-18(20)25(29-33)26(36)32-10-9-22(34)19(28)15-32/h4-5,8,19,22,34H,2-3,6-7,9-16H2,1H3/t19-,22+/m0/s1. The van der Waals surface area contributed by atoms with Crippen LogP contribution < -0.4 is 4.90 Å². The summed E-state index contributed by atoms with van der Waals surface area (Å²) in [5, 5.41) is 15.0. The lowest BCUT2D eigenvalue weighted by Gasteiger charge is -2.36. The molecule has 0 bridgehead atoms. The van der Waals surface area contributed by atoms with Crippen LogP contribution in [-0.4, -0.2) is 88.0 Å². The van der Waals surface area contributed by atoms with Crippen LogP contribution >= 0.6 is 11.6 Å². The van der Waals surface area contributed by atoms with Gasteiger partial charge in [0.15, 0.2) is 5.69 Å². The lowest BCUT2D eigenvalue weighted by Crippen LogP contribution is -2.49. The number of fused-ring (bicyclic) bond motifs is 1.